The van der Waals surface area contributed by atoms with Crippen molar-refractivity contribution in [1.29, 1.82) is 0 Å². The molecule has 0 amide bonds. The molecule has 1 aliphatic rings. The van der Waals surface area contributed by atoms with Crippen molar-refractivity contribution in [2.45, 2.75) is 32.2 Å². The van der Waals surface area contributed by atoms with E-state index in [0.717, 1.165) is 38.9 Å². The predicted octanol–water partition coefficient (Wildman–Crippen LogP) is 2.02. The Kier molecular flexibility index (Phi) is 5.76. The lowest BCUT2D eigenvalue weighted by molar-refractivity contribution is -0.138. The highest BCUT2D eigenvalue weighted by Crippen LogP contribution is 2.16. The number of likely N-dealkylation sites (N-methyl/N-ethyl adjacent to an activating group) is 1. The number of hydrogen-bond acceptors (Lipinski definition) is 3. The first-order chi connectivity index (χ1) is 10.0. The smallest absolute Gasteiger partial charge is 0.317 e. The molecule has 4 heteroatoms. The summed E-state index contributed by atoms with van der Waals surface area (Å²) >= 11 is 0. The second-order valence-corrected chi connectivity index (χ2v) is 6.12. The maximum Gasteiger partial charge on any atom is 0.317 e. The fourth-order valence-corrected chi connectivity index (χ4v) is 2.97. The summed E-state index contributed by atoms with van der Waals surface area (Å²) in [7, 11) is 1.92. The molecule has 21 heavy (non-hydrogen) atoms. The summed E-state index contributed by atoms with van der Waals surface area (Å²) in [5.74, 6) is -0.737. The zero-order valence-electron chi connectivity index (χ0n) is 13.1. The Morgan fingerprint density at radius 2 is 1.90 bits per heavy atom. The quantitative estimate of drug-likeness (QED) is 0.870. The van der Waals surface area contributed by atoms with Gasteiger partial charge in [-0.05, 0) is 51.9 Å². The monoisotopic (exact) mass is 290 g/mol. The number of hydrogen-bond donors (Lipinski definition) is 1. The Balaban J connectivity index is 1.71. The Labute approximate surface area is 127 Å². The van der Waals surface area contributed by atoms with Crippen LogP contribution in [-0.2, 0) is 11.2 Å². The molecular formula is C17H26N2O2. The largest absolute Gasteiger partial charge is 0.480 e. The van der Waals surface area contributed by atoms with E-state index < -0.39 is 5.97 Å². The van der Waals surface area contributed by atoms with Crippen LogP contribution in [0.25, 0.3) is 0 Å². The molecule has 1 aliphatic heterocycles. The number of aliphatic carboxylic acids is 1. The second-order valence-electron chi connectivity index (χ2n) is 6.12. The minimum absolute atomic E-state index is 0.147. The summed E-state index contributed by atoms with van der Waals surface area (Å²) in [5, 5.41) is 8.84. The average Bonchev–Trinajstić information content (AvgIpc) is 2.46. The number of carbonyl (C=O) groups is 1. The Bertz CT molecular complexity index is 450. The van der Waals surface area contributed by atoms with E-state index in [-0.39, 0.29) is 6.54 Å². The van der Waals surface area contributed by atoms with Gasteiger partial charge in [0.15, 0.2) is 0 Å². The first-order valence-electron chi connectivity index (χ1n) is 7.74. The zero-order chi connectivity index (χ0) is 15.2. The number of carboxylic acids is 1. The van der Waals surface area contributed by atoms with Crippen LogP contribution in [0.4, 0.5) is 0 Å². The fourth-order valence-electron chi connectivity index (χ4n) is 2.97. The maximum absolute atomic E-state index is 10.7. The number of carboxylic acid groups (broad SMARTS) is 1. The van der Waals surface area contributed by atoms with E-state index in [4.69, 9.17) is 5.11 Å². The molecule has 4 nitrogen and oxygen atoms in total. The van der Waals surface area contributed by atoms with Gasteiger partial charge >= 0.3 is 5.97 Å². The van der Waals surface area contributed by atoms with Crippen molar-refractivity contribution in [3.63, 3.8) is 0 Å². The van der Waals surface area contributed by atoms with Crippen molar-refractivity contribution in [2.75, 3.05) is 33.2 Å². The molecular weight excluding hydrogens is 264 g/mol. The molecule has 0 aromatic heterocycles. The zero-order valence-corrected chi connectivity index (χ0v) is 13.1. The molecule has 1 heterocycles. The topological polar surface area (TPSA) is 43.8 Å². The summed E-state index contributed by atoms with van der Waals surface area (Å²) in [5.41, 5.74) is 2.70. The van der Waals surface area contributed by atoms with Gasteiger partial charge in [-0.15, -0.1) is 0 Å². The van der Waals surface area contributed by atoms with Crippen LogP contribution >= 0.6 is 0 Å². The normalized spacial score (nSPS) is 17.3. The van der Waals surface area contributed by atoms with Gasteiger partial charge in [0, 0.05) is 12.6 Å². The number of benzene rings is 1. The summed E-state index contributed by atoms with van der Waals surface area (Å²) in [6.07, 6.45) is 3.23. The Morgan fingerprint density at radius 1 is 1.29 bits per heavy atom. The van der Waals surface area contributed by atoms with E-state index in [1.54, 1.807) is 0 Å². The van der Waals surface area contributed by atoms with Crippen LogP contribution in [0.1, 0.15) is 24.0 Å². The molecule has 0 aliphatic carbocycles. The molecule has 1 aromatic rings. The van der Waals surface area contributed by atoms with Crippen molar-refractivity contribution in [3.8, 4) is 0 Å². The first kappa shape index (κ1) is 16.0. The van der Waals surface area contributed by atoms with Gasteiger partial charge in [0.25, 0.3) is 0 Å². The molecule has 0 bridgehead atoms. The van der Waals surface area contributed by atoms with E-state index in [9.17, 15) is 4.79 Å². The molecule has 1 fully saturated rings. The molecule has 116 valence electrons. The molecule has 0 radical (unpaired) electrons. The molecule has 1 N–H and O–H groups in total. The van der Waals surface area contributed by atoms with Crippen LogP contribution in [-0.4, -0.2) is 60.1 Å². The van der Waals surface area contributed by atoms with Gasteiger partial charge in [0.05, 0.1) is 6.54 Å². The van der Waals surface area contributed by atoms with Gasteiger partial charge in [-0.3, -0.25) is 9.69 Å². The van der Waals surface area contributed by atoms with Crippen molar-refractivity contribution >= 4 is 5.97 Å². The predicted molar refractivity (Wildman–Crippen MR) is 84.6 cm³/mol. The van der Waals surface area contributed by atoms with Crippen LogP contribution in [0, 0.1) is 6.92 Å². The minimum Gasteiger partial charge on any atom is -0.480 e. The second kappa shape index (κ2) is 7.57. The van der Waals surface area contributed by atoms with Crippen LogP contribution in [0.5, 0.6) is 0 Å². The summed E-state index contributed by atoms with van der Waals surface area (Å²) in [4.78, 5) is 15.2. The lowest BCUT2D eigenvalue weighted by atomic mass is 10.0. The highest BCUT2D eigenvalue weighted by molar-refractivity contribution is 5.69. The number of nitrogens with zero attached hydrogens (tertiary/aromatic N) is 2. The summed E-state index contributed by atoms with van der Waals surface area (Å²) in [6.45, 7) is 5.50. The molecule has 0 unspecified atom stereocenters. The van der Waals surface area contributed by atoms with E-state index in [0.29, 0.717) is 6.04 Å². The van der Waals surface area contributed by atoms with Crippen LogP contribution < -0.4 is 0 Å². The van der Waals surface area contributed by atoms with Crippen molar-refractivity contribution < 1.29 is 9.90 Å². The minimum atomic E-state index is -0.737. The SMILES string of the molecule is Cc1ccc(CCN2CCC(N(C)CC(=O)O)CC2)cc1. The van der Waals surface area contributed by atoms with Gasteiger partial charge in [0.2, 0.25) is 0 Å². The summed E-state index contributed by atoms with van der Waals surface area (Å²) < 4.78 is 0. The van der Waals surface area contributed by atoms with Crippen LogP contribution in [0.15, 0.2) is 24.3 Å². The third-order valence-corrected chi connectivity index (χ3v) is 4.40. The number of rotatable bonds is 6. The first-order valence-corrected chi connectivity index (χ1v) is 7.74. The van der Waals surface area contributed by atoms with Gasteiger partial charge < -0.3 is 10.0 Å². The number of likely N-dealkylation sites (tertiary alicyclic amines) is 1. The van der Waals surface area contributed by atoms with Gasteiger partial charge in [-0.25, -0.2) is 0 Å². The fraction of sp³-hybridized carbons (Fsp3) is 0.588. The van der Waals surface area contributed by atoms with Crippen LogP contribution in [0.2, 0.25) is 0 Å². The molecule has 0 saturated carbocycles. The lowest BCUT2D eigenvalue weighted by Gasteiger charge is -2.36. The third-order valence-electron chi connectivity index (χ3n) is 4.40. The molecule has 1 saturated heterocycles. The van der Waals surface area contributed by atoms with Gasteiger partial charge in [-0.2, -0.15) is 0 Å². The molecule has 1 aromatic carbocycles. The highest BCUT2D eigenvalue weighted by Gasteiger charge is 2.23. The van der Waals surface area contributed by atoms with E-state index in [1.165, 1.54) is 11.1 Å². The number of aryl methyl sites for hydroxylation is 1. The molecule has 2 rings (SSSR count). The van der Waals surface area contributed by atoms with E-state index in [2.05, 4.69) is 36.1 Å². The average molecular weight is 290 g/mol. The standard InChI is InChI=1S/C17H26N2O2/c1-14-3-5-15(6-4-14)7-10-19-11-8-16(9-12-19)18(2)13-17(20)21/h3-6,16H,7-13H2,1-2H3,(H,20,21). The molecule has 0 spiro atoms. The maximum atomic E-state index is 10.7. The van der Waals surface area contributed by atoms with Crippen molar-refractivity contribution in [3.05, 3.63) is 35.4 Å². The Hall–Kier alpha value is -1.39. The molecule has 0 atom stereocenters. The van der Waals surface area contributed by atoms with Gasteiger partial charge in [0.1, 0.15) is 0 Å². The van der Waals surface area contributed by atoms with Crippen LogP contribution in [0.3, 0.4) is 0 Å². The van der Waals surface area contributed by atoms with E-state index >= 15 is 0 Å². The van der Waals surface area contributed by atoms with Crippen molar-refractivity contribution in [2.24, 2.45) is 0 Å². The van der Waals surface area contributed by atoms with Gasteiger partial charge in [-0.1, -0.05) is 29.8 Å². The number of piperidine rings is 1. The highest BCUT2D eigenvalue weighted by atomic mass is 16.4. The van der Waals surface area contributed by atoms with E-state index in [1.807, 2.05) is 11.9 Å². The third kappa shape index (κ3) is 5.14. The van der Waals surface area contributed by atoms with Crippen molar-refractivity contribution in [1.82, 2.24) is 9.80 Å². The Morgan fingerprint density at radius 3 is 2.48 bits per heavy atom. The summed E-state index contributed by atoms with van der Waals surface area (Å²) in [6, 6.07) is 9.17. The lowest BCUT2D eigenvalue weighted by Crippen LogP contribution is -2.45.